The highest BCUT2D eigenvalue weighted by atomic mass is 16.5. The molecular weight excluding hydrogens is 220 g/mol. The van der Waals surface area contributed by atoms with E-state index in [1.165, 1.54) is 6.07 Å². The van der Waals surface area contributed by atoms with E-state index < -0.39 is 5.97 Å². The Morgan fingerprint density at radius 1 is 1.41 bits per heavy atom. The normalized spacial score (nSPS) is 9.47. The maximum Gasteiger partial charge on any atom is 0.341 e. The topological polar surface area (TPSA) is 85.3 Å². The molecular formula is C12H14N2O3. The molecule has 0 amide bonds. The van der Waals surface area contributed by atoms with E-state index in [1.54, 1.807) is 13.0 Å². The molecule has 0 aliphatic carbocycles. The van der Waals surface area contributed by atoms with Crippen molar-refractivity contribution in [3.05, 3.63) is 23.3 Å². The summed E-state index contributed by atoms with van der Waals surface area (Å²) in [4.78, 5) is 11.7. The summed E-state index contributed by atoms with van der Waals surface area (Å²) in [5, 5.41) is 8.93. The van der Waals surface area contributed by atoms with Crippen molar-refractivity contribution < 1.29 is 14.3 Å². The number of nitrogens with two attached hydrogens (primary N) is 1. The molecule has 0 unspecified atom stereocenters. The highest BCUT2D eigenvalue weighted by Crippen LogP contribution is 2.28. The zero-order valence-electron chi connectivity index (χ0n) is 9.82. The van der Waals surface area contributed by atoms with Gasteiger partial charge in [-0.1, -0.05) is 0 Å². The molecule has 1 rings (SSSR count). The summed E-state index contributed by atoms with van der Waals surface area (Å²) in [5.74, 6) is -0.224. The summed E-state index contributed by atoms with van der Waals surface area (Å²) < 4.78 is 10.1. The Morgan fingerprint density at radius 2 is 2.12 bits per heavy atom. The number of nitriles is 1. The number of carbonyl (C=O) groups excluding carboxylic acids is 1. The fraction of sp³-hybridized carbons (Fsp3) is 0.333. The van der Waals surface area contributed by atoms with E-state index in [2.05, 4.69) is 0 Å². The Labute approximate surface area is 99.7 Å². The first-order chi connectivity index (χ1) is 8.15. The summed E-state index contributed by atoms with van der Waals surface area (Å²) in [5.41, 5.74) is 6.20. The predicted molar refractivity (Wildman–Crippen MR) is 62.7 cm³/mol. The second kappa shape index (κ2) is 5.75. The van der Waals surface area contributed by atoms with Gasteiger partial charge in [0.15, 0.2) is 0 Å². The summed E-state index contributed by atoms with van der Waals surface area (Å²) in [6.45, 7) is 4.15. The third-order valence-electron chi connectivity index (χ3n) is 2.11. The van der Waals surface area contributed by atoms with Gasteiger partial charge in [-0.2, -0.15) is 5.26 Å². The molecule has 0 bridgehead atoms. The molecule has 0 saturated carbocycles. The van der Waals surface area contributed by atoms with Crippen LogP contribution in [0, 0.1) is 11.3 Å². The SMILES string of the molecule is CCOC(=O)c1c(C#N)ccc(OCC)c1N. The second-order valence-electron chi connectivity index (χ2n) is 3.17. The number of nitrogens with zero attached hydrogens (tertiary/aromatic N) is 1. The van der Waals surface area contributed by atoms with Crippen molar-refractivity contribution in [3.63, 3.8) is 0 Å². The van der Waals surface area contributed by atoms with Gasteiger partial charge in [-0.25, -0.2) is 4.79 Å². The van der Waals surface area contributed by atoms with E-state index in [-0.39, 0.29) is 23.4 Å². The third-order valence-corrected chi connectivity index (χ3v) is 2.11. The van der Waals surface area contributed by atoms with Gasteiger partial charge in [-0.15, -0.1) is 0 Å². The first kappa shape index (κ1) is 12.8. The number of carbonyl (C=O) groups is 1. The van der Waals surface area contributed by atoms with Gasteiger partial charge in [0.2, 0.25) is 0 Å². The molecule has 0 saturated heterocycles. The number of hydrogen-bond donors (Lipinski definition) is 1. The van der Waals surface area contributed by atoms with Crippen molar-refractivity contribution in [2.45, 2.75) is 13.8 Å². The molecule has 0 fully saturated rings. The van der Waals surface area contributed by atoms with E-state index in [4.69, 9.17) is 20.5 Å². The first-order valence-corrected chi connectivity index (χ1v) is 5.28. The van der Waals surface area contributed by atoms with Crippen LogP contribution in [0.3, 0.4) is 0 Å². The van der Waals surface area contributed by atoms with Crippen LogP contribution < -0.4 is 10.5 Å². The van der Waals surface area contributed by atoms with Gasteiger partial charge in [-0.3, -0.25) is 0 Å². The van der Waals surface area contributed by atoms with Gasteiger partial charge in [0.1, 0.15) is 17.4 Å². The summed E-state index contributed by atoms with van der Waals surface area (Å²) in [6.07, 6.45) is 0. The van der Waals surface area contributed by atoms with Crippen LogP contribution in [0.5, 0.6) is 5.75 Å². The number of esters is 1. The Morgan fingerprint density at radius 3 is 2.65 bits per heavy atom. The lowest BCUT2D eigenvalue weighted by Gasteiger charge is -2.11. The number of rotatable bonds is 4. The predicted octanol–water partition coefficient (Wildman–Crippen LogP) is 1.72. The molecule has 0 radical (unpaired) electrons. The number of hydrogen-bond acceptors (Lipinski definition) is 5. The van der Waals surface area contributed by atoms with Crippen LogP contribution in [0.4, 0.5) is 5.69 Å². The van der Waals surface area contributed by atoms with Crippen LogP contribution in [0.2, 0.25) is 0 Å². The van der Waals surface area contributed by atoms with Crippen molar-refractivity contribution in [2.75, 3.05) is 18.9 Å². The van der Waals surface area contributed by atoms with Crippen molar-refractivity contribution in [1.29, 1.82) is 5.26 Å². The minimum absolute atomic E-state index is 0.0697. The molecule has 1 aromatic carbocycles. The molecule has 0 aliphatic rings. The van der Waals surface area contributed by atoms with E-state index in [0.717, 1.165) is 0 Å². The third kappa shape index (κ3) is 2.67. The average Bonchev–Trinajstić information content (AvgIpc) is 2.31. The Hall–Kier alpha value is -2.22. The largest absolute Gasteiger partial charge is 0.492 e. The van der Waals surface area contributed by atoms with Gasteiger partial charge >= 0.3 is 5.97 Å². The van der Waals surface area contributed by atoms with E-state index in [1.807, 2.05) is 13.0 Å². The summed E-state index contributed by atoms with van der Waals surface area (Å²) in [7, 11) is 0. The molecule has 90 valence electrons. The van der Waals surface area contributed by atoms with Gasteiger partial charge < -0.3 is 15.2 Å². The van der Waals surface area contributed by atoms with E-state index in [9.17, 15) is 4.79 Å². The summed E-state index contributed by atoms with van der Waals surface area (Å²) >= 11 is 0. The maximum atomic E-state index is 11.7. The van der Waals surface area contributed by atoms with Gasteiger partial charge in [0, 0.05) is 0 Å². The lowest BCUT2D eigenvalue weighted by Crippen LogP contribution is -2.11. The van der Waals surface area contributed by atoms with Crippen LogP contribution in [-0.2, 0) is 4.74 Å². The lowest BCUT2D eigenvalue weighted by atomic mass is 10.1. The van der Waals surface area contributed by atoms with E-state index in [0.29, 0.717) is 12.4 Å². The van der Waals surface area contributed by atoms with Crippen molar-refractivity contribution >= 4 is 11.7 Å². The number of nitrogen functional groups attached to an aromatic ring is 1. The van der Waals surface area contributed by atoms with Crippen molar-refractivity contribution in [2.24, 2.45) is 0 Å². The number of ether oxygens (including phenoxy) is 2. The quantitative estimate of drug-likeness (QED) is 0.633. The zero-order valence-corrected chi connectivity index (χ0v) is 9.82. The molecule has 0 atom stereocenters. The average molecular weight is 234 g/mol. The fourth-order valence-corrected chi connectivity index (χ4v) is 1.40. The summed E-state index contributed by atoms with van der Waals surface area (Å²) in [6, 6.07) is 4.97. The molecule has 0 aliphatic heterocycles. The van der Waals surface area contributed by atoms with Crippen LogP contribution >= 0.6 is 0 Å². The molecule has 0 heterocycles. The first-order valence-electron chi connectivity index (χ1n) is 5.28. The Balaban J connectivity index is 3.28. The van der Waals surface area contributed by atoms with Crippen LogP contribution in [0.25, 0.3) is 0 Å². The van der Waals surface area contributed by atoms with Crippen LogP contribution in [0.1, 0.15) is 29.8 Å². The maximum absolute atomic E-state index is 11.7. The Bertz CT molecular complexity index is 464. The minimum atomic E-state index is -0.608. The fourth-order valence-electron chi connectivity index (χ4n) is 1.40. The molecule has 0 aromatic heterocycles. The zero-order chi connectivity index (χ0) is 12.8. The Kier molecular flexibility index (Phi) is 4.35. The molecule has 0 spiro atoms. The molecule has 1 aromatic rings. The minimum Gasteiger partial charge on any atom is -0.492 e. The number of benzene rings is 1. The van der Waals surface area contributed by atoms with Crippen LogP contribution in [0.15, 0.2) is 12.1 Å². The van der Waals surface area contributed by atoms with Gasteiger partial charge in [-0.05, 0) is 26.0 Å². The second-order valence-corrected chi connectivity index (χ2v) is 3.17. The standard InChI is InChI=1S/C12H14N2O3/c1-3-16-9-6-5-8(7-13)10(11(9)14)12(15)17-4-2/h5-6H,3-4,14H2,1-2H3. The highest BCUT2D eigenvalue weighted by molar-refractivity contribution is 5.99. The monoisotopic (exact) mass is 234 g/mol. The van der Waals surface area contributed by atoms with Gasteiger partial charge in [0.25, 0.3) is 0 Å². The molecule has 17 heavy (non-hydrogen) atoms. The molecule has 5 nitrogen and oxygen atoms in total. The lowest BCUT2D eigenvalue weighted by molar-refractivity contribution is 0.0527. The molecule has 5 heteroatoms. The molecule has 2 N–H and O–H groups in total. The number of anilines is 1. The van der Waals surface area contributed by atoms with Crippen molar-refractivity contribution in [1.82, 2.24) is 0 Å². The van der Waals surface area contributed by atoms with Gasteiger partial charge in [0.05, 0.1) is 24.5 Å². The van der Waals surface area contributed by atoms with E-state index >= 15 is 0 Å². The smallest absolute Gasteiger partial charge is 0.341 e. The van der Waals surface area contributed by atoms with Crippen molar-refractivity contribution in [3.8, 4) is 11.8 Å². The van der Waals surface area contributed by atoms with Crippen LogP contribution in [-0.4, -0.2) is 19.2 Å². The highest BCUT2D eigenvalue weighted by Gasteiger charge is 2.19.